The highest BCUT2D eigenvalue weighted by Gasteiger charge is 2.10. The van der Waals surface area contributed by atoms with E-state index in [1.54, 1.807) is 6.07 Å². The maximum Gasteiger partial charge on any atom is 0.212 e. The third-order valence-electron chi connectivity index (χ3n) is 2.40. The molecule has 0 aliphatic rings. The minimum absolute atomic E-state index is 0.131. The number of rotatable bonds is 8. The summed E-state index contributed by atoms with van der Waals surface area (Å²) in [6.45, 7) is 6.82. The minimum Gasteiger partial charge on any atom is -0.465 e. The highest BCUT2D eigenvalue weighted by molar-refractivity contribution is 7.89. The molecule has 18 heavy (non-hydrogen) atoms. The summed E-state index contributed by atoms with van der Waals surface area (Å²) >= 11 is 0. The number of hydrogen-bond acceptors (Lipinski definition) is 4. The van der Waals surface area contributed by atoms with Crippen molar-refractivity contribution in [2.45, 2.75) is 39.8 Å². The summed E-state index contributed by atoms with van der Waals surface area (Å²) in [5.41, 5.74) is 0. The van der Waals surface area contributed by atoms with Crippen molar-refractivity contribution < 1.29 is 12.8 Å². The lowest BCUT2D eigenvalue weighted by atomic mass is 10.4. The van der Waals surface area contributed by atoms with Crippen LogP contribution in [0.3, 0.4) is 0 Å². The van der Waals surface area contributed by atoms with Crippen molar-refractivity contribution in [2.75, 3.05) is 12.3 Å². The zero-order valence-corrected chi connectivity index (χ0v) is 12.0. The zero-order chi connectivity index (χ0) is 13.6. The van der Waals surface area contributed by atoms with Crippen LogP contribution in [0.2, 0.25) is 0 Å². The summed E-state index contributed by atoms with van der Waals surface area (Å²) in [4.78, 5) is 0. The predicted octanol–water partition coefficient (Wildman–Crippen LogP) is 1.40. The molecule has 0 radical (unpaired) electrons. The van der Waals surface area contributed by atoms with Crippen molar-refractivity contribution in [1.82, 2.24) is 10.0 Å². The molecule has 0 saturated carbocycles. The van der Waals surface area contributed by atoms with Crippen molar-refractivity contribution in [3.05, 3.63) is 23.7 Å². The van der Waals surface area contributed by atoms with Gasteiger partial charge in [0.1, 0.15) is 11.5 Å². The number of nitrogens with one attached hydrogen (secondary N) is 2. The highest BCUT2D eigenvalue weighted by atomic mass is 32.2. The van der Waals surface area contributed by atoms with E-state index in [-0.39, 0.29) is 12.3 Å². The second-order valence-corrected chi connectivity index (χ2v) is 6.54. The molecule has 0 saturated heterocycles. The van der Waals surface area contributed by atoms with Gasteiger partial charge in [-0.3, -0.25) is 0 Å². The SMILES string of the molecule is Cc1ccc(CNS(=O)(=O)CCCNC(C)C)o1. The Morgan fingerprint density at radius 3 is 2.61 bits per heavy atom. The molecule has 2 N–H and O–H groups in total. The lowest BCUT2D eigenvalue weighted by Crippen LogP contribution is -2.29. The number of furan rings is 1. The first-order valence-corrected chi connectivity index (χ1v) is 7.80. The third-order valence-corrected chi connectivity index (χ3v) is 3.82. The van der Waals surface area contributed by atoms with Crippen LogP contribution >= 0.6 is 0 Å². The van der Waals surface area contributed by atoms with Crippen LogP contribution < -0.4 is 10.0 Å². The predicted molar refractivity (Wildman–Crippen MR) is 71.8 cm³/mol. The monoisotopic (exact) mass is 274 g/mol. The summed E-state index contributed by atoms with van der Waals surface area (Å²) < 4.78 is 31.2. The molecule has 0 atom stereocenters. The van der Waals surface area contributed by atoms with E-state index < -0.39 is 10.0 Å². The Balaban J connectivity index is 2.27. The molecule has 0 aromatic carbocycles. The van der Waals surface area contributed by atoms with E-state index in [1.807, 2.05) is 26.8 Å². The smallest absolute Gasteiger partial charge is 0.212 e. The van der Waals surface area contributed by atoms with E-state index in [1.165, 1.54) is 0 Å². The van der Waals surface area contributed by atoms with E-state index in [9.17, 15) is 8.42 Å². The molecule has 0 fully saturated rings. The number of sulfonamides is 1. The first kappa shape index (κ1) is 15.2. The van der Waals surface area contributed by atoms with Gasteiger partial charge in [-0.25, -0.2) is 13.1 Å². The summed E-state index contributed by atoms with van der Waals surface area (Å²) in [5, 5.41) is 3.18. The summed E-state index contributed by atoms with van der Waals surface area (Å²) in [7, 11) is -3.22. The summed E-state index contributed by atoms with van der Waals surface area (Å²) in [6.07, 6.45) is 0.602. The zero-order valence-electron chi connectivity index (χ0n) is 11.2. The van der Waals surface area contributed by atoms with Gasteiger partial charge in [-0.1, -0.05) is 13.8 Å². The lowest BCUT2D eigenvalue weighted by molar-refractivity contribution is 0.475. The van der Waals surface area contributed by atoms with E-state index in [0.717, 1.165) is 5.76 Å². The maximum atomic E-state index is 11.7. The molecule has 0 amide bonds. The topological polar surface area (TPSA) is 71.3 Å². The van der Waals surface area contributed by atoms with E-state index in [4.69, 9.17) is 4.42 Å². The molecule has 0 bridgehead atoms. The Bertz CT molecular complexity index is 452. The molecule has 5 nitrogen and oxygen atoms in total. The molecule has 0 aliphatic heterocycles. The Morgan fingerprint density at radius 2 is 2.06 bits per heavy atom. The Morgan fingerprint density at radius 1 is 1.33 bits per heavy atom. The molecule has 104 valence electrons. The van der Waals surface area contributed by atoms with Gasteiger partial charge in [-0.15, -0.1) is 0 Å². The van der Waals surface area contributed by atoms with Crippen LogP contribution in [0, 0.1) is 6.92 Å². The van der Waals surface area contributed by atoms with E-state index in [0.29, 0.717) is 24.8 Å². The first-order chi connectivity index (χ1) is 8.39. The van der Waals surface area contributed by atoms with Crippen LogP contribution in [-0.4, -0.2) is 26.8 Å². The van der Waals surface area contributed by atoms with Crippen molar-refractivity contribution in [2.24, 2.45) is 0 Å². The van der Waals surface area contributed by atoms with Gasteiger partial charge in [0.15, 0.2) is 0 Å². The molecule has 1 heterocycles. The second kappa shape index (κ2) is 6.92. The largest absolute Gasteiger partial charge is 0.465 e. The summed E-state index contributed by atoms with van der Waals surface area (Å²) in [5.74, 6) is 1.55. The highest BCUT2D eigenvalue weighted by Crippen LogP contribution is 2.06. The van der Waals surface area contributed by atoms with Crippen molar-refractivity contribution in [1.29, 1.82) is 0 Å². The van der Waals surface area contributed by atoms with E-state index in [2.05, 4.69) is 10.0 Å². The van der Waals surface area contributed by atoms with E-state index >= 15 is 0 Å². The quantitative estimate of drug-likeness (QED) is 0.703. The van der Waals surface area contributed by atoms with Crippen molar-refractivity contribution in [3.63, 3.8) is 0 Å². The van der Waals surface area contributed by atoms with Crippen molar-refractivity contribution >= 4 is 10.0 Å². The fraction of sp³-hybridized carbons (Fsp3) is 0.667. The number of aryl methyl sites for hydroxylation is 1. The molecular formula is C12H22N2O3S. The molecule has 1 aromatic rings. The van der Waals surface area contributed by atoms with Crippen LogP contribution in [-0.2, 0) is 16.6 Å². The van der Waals surface area contributed by atoms with Gasteiger partial charge in [0.25, 0.3) is 0 Å². The Kier molecular flexibility index (Phi) is 5.84. The van der Waals surface area contributed by atoms with Crippen LogP contribution in [0.4, 0.5) is 0 Å². The van der Waals surface area contributed by atoms with Gasteiger partial charge in [0.2, 0.25) is 10.0 Å². The van der Waals surface area contributed by atoms with Gasteiger partial charge in [0, 0.05) is 6.04 Å². The minimum atomic E-state index is -3.22. The number of hydrogen-bond donors (Lipinski definition) is 2. The third kappa shape index (κ3) is 6.18. The summed E-state index contributed by atoms with van der Waals surface area (Å²) in [6, 6.07) is 3.97. The molecule has 0 unspecified atom stereocenters. The fourth-order valence-corrected chi connectivity index (χ4v) is 2.52. The molecule has 0 aliphatic carbocycles. The van der Waals surface area contributed by atoms with Crippen LogP contribution in [0.25, 0.3) is 0 Å². The second-order valence-electron chi connectivity index (χ2n) is 4.61. The van der Waals surface area contributed by atoms with Gasteiger partial charge in [-0.05, 0) is 32.0 Å². The van der Waals surface area contributed by atoms with Crippen molar-refractivity contribution in [3.8, 4) is 0 Å². The molecule has 1 aromatic heterocycles. The standard InChI is InChI=1S/C12H22N2O3S/c1-10(2)13-7-4-8-18(15,16)14-9-12-6-5-11(3)17-12/h5-6,10,13-14H,4,7-9H2,1-3H3. The van der Waals surface area contributed by atoms with Crippen LogP contribution in [0.15, 0.2) is 16.5 Å². The first-order valence-electron chi connectivity index (χ1n) is 6.15. The van der Waals surface area contributed by atoms with Crippen LogP contribution in [0.5, 0.6) is 0 Å². The normalized spacial score (nSPS) is 12.2. The Labute approximate surface area is 109 Å². The maximum absolute atomic E-state index is 11.7. The van der Waals surface area contributed by atoms with Crippen LogP contribution in [0.1, 0.15) is 31.8 Å². The Hall–Kier alpha value is -0.850. The molecule has 6 heteroatoms. The average Bonchev–Trinajstić information content (AvgIpc) is 2.68. The van der Waals surface area contributed by atoms with Gasteiger partial charge in [0.05, 0.1) is 12.3 Å². The lowest BCUT2D eigenvalue weighted by Gasteiger charge is -2.08. The fourth-order valence-electron chi connectivity index (χ4n) is 1.49. The van der Waals surface area contributed by atoms with Gasteiger partial charge in [-0.2, -0.15) is 0 Å². The molecule has 1 rings (SSSR count). The van der Waals surface area contributed by atoms with Gasteiger partial charge >= 0.3 is 0 Å². The molecular weight excluding hydrogens is 252 g/mol. The average molecular weight is 274 g/mol. The van der Waals surface area contributed by atoms with Gasteiger partial charge < -0.3 is 9.73 Å². The molecule has 0 spiro atoms.